The van der Waals surface area contributed by atoms with E-state index in [0.29, 0.717) is 32.2 Å². The molecule has 0 aliphatic carbocycles. The number of carboxylic acid groups (broad SMARTS) is 1. The van der Waals surface area contributed by atoms with Crippen molar-refractivity contribution in [1.29, 1.82) is 0 Å². The molecule has 0 bridgehead atoms. The number of aromatic hydroxyl groups is 1. The van der Waals surface area contributed by atoms with Crippen LogP contribution in [-0.2, 0) is 17.6 Å². The molecule has 9 heteroatoms. The molecule has 6 nitrogen and oxygen atoms in total. The van der Waals surface area contributed by atoms with Crippen LogP contribution in [0.2, 0.25) is 0 Å². The number of benzene rings is 3. The fraction of sp³-hybridized carbons (Fsp3) is 0.130. The first-order valence-corrected chi connectivity index (χ1v) is 11.1. The van der Waals surface area contributed by atoms with Gasteiger partial charge in [0.15, 0.2) is 5.75 Å². The number of amides is 1. The summed E-state index contributed by atoms with van der Waals surface area (Å²) in [6.07, 6.45) is 0.159. The van der Waals surface area contributed by atoms with Crippen molar-refractivity contribution in [1.82, 2.24) is 5.32 Å². The number of phenolic OH excluding ortho intramolecular Hbond substituents is 1. The molecule has 0 unspecified atom stereocenters. The maximum Gasteiger partial charge on any atom is 0.307 e. The van der Waals surface area contributed by atoms with Crippen LogP contribution >= 0.6 is 31.9 Å². The van der Waals surface area contributed by atoms with Gasteiger partial charge in [0.25, 0.3) is 5.91 Å². The number of hydrogen-bond acceptors (Lipinski definition) is 4. The average molecular weight is 567 g/mol. The highest BCUT2D eigenvalue weighted by atomic mass is 79.9. The molecular weight excluding hydrogens is 549 g/mol. The number of phenols is 1. The zero-order valence-corrected chi connectivity index (χ0v) is 19.7. The lowest BCUT2D eigenvalue weighted by Crippen LogP contribution is -2.26. The third kappa shape index (κ3) is 6.08. The molecule has 32 heavy (non-hydrogen) atoms. The Kier molecular flexibility index (Phi) is 7.87. The van der Waals surface area contributed by atoms with Gasteiger partial charge in [-0.3, -0.25) is 9.59 Å². The summed E-state index contributed by atoms with van der Waals surface area (Å²) in [5.74, 6) is -1.38. The van der Waals surface area contributed by atoms with Crippen LogP contribution in [0.3, 0.4) is 0 Å². The quantitative estimate of drug-likeness (QED) is 0.337. The second-order valence-corrected chi connectivity index (χ2v) is 8.55. The third-order valence-corrected chi connectivity index (χ3v) is 5.66. The number of rotatable bonds is 8. The van der Waals surface area contributed by atoms with Gasteiger partial charge in [0.1, 0.15) is 17.3 Å². The van der Waals surface area contributed by atoms with E-state index in [1.807, 2.05) is 0 Å². The predicted octanol–water partition coefficient (Wildman–Crippen LogP) is 5.45. The van der Waals surface area contributed by atoms with Crippen molar-refractivity contribution in [3.8, 4) is 17.2 Å². The van der Waals surface area contributed by atoms with E-state index < -0.39 is 11.9 Å². The van der Waals surface area contributed by atoms with Gasteiger partial charge in [-0.1, -0.05) is 18.2 Å². The predicted molar refractivity (Wildman–Crippen MR) is 124 cm³/mol. The van der Waals surface area contributed by atoms with Gasteiger partial charge >= 0.3 is 5.97 Å². The number of carboxylic acids is 1. The van der Waals surface area contributed by atoms with E-state index in [0.717, 1.165) is 0 Å². The molecule has 0 atom stereocenters. The zero-order chi connectivity index (χ0) is 23.3. The maximum atomic E-state index is 13.7. The maximum absolute atomic E-state index is 13.7. The van der Waals surface area contributed by atoms with Crippen LogP contribution in [-0.4, -0.2) is 28.6 Å². The van der Waals surface area contributed by atoms with Crippen LogP contribution < -0.4 is 10.1 Å². The van der Waals surface area contributed by atoms with Crippen LogP contribution in [0.25, 0.3) is 0 Å². The van der Waals surface area contributed by atoms with Gasteiger partial charge in [-0.25, -0.2) is 4.39 Å². The molecule has 0 saturated carbocycles. The molecule has 0 spiro atoms. The Hall–Kier alpha value is -2.91. The lowest BCUT2D eigenvalue weighted by Gasteiger charge is -2.13. The number of hydrogen-bond donors (Lipinski definition) is 3. The number of ether oxygens (including phenoxy) is 1. The van der Waals surface area contributed by atoms with Crippen molar-refractivity contribution >= 4 is 43.7 Å². The van der Waals surface area contributed by atoms with Crippen molar-refractivity contribution in [3.63, 3.8) is 0 Å². The van der Waals surface area contributed by atoms with E-state index in [1.165, 1.54) is 24.3 Å². The molecule has 0 fully saturated rings. The fourth-order valence-electron chi connectivity index (χ4n) is 2.97. The van der Waals surface area contributed by atoms with Gasteiger partial charge in [-0.05, 0) is 85.8 Å². The minimum absolute atomic E-state index is 0.00535. The highest BCUT2D eigenvalue weighted by Crippen LogP contribution is 2.38. The van der Waals surface area contributed by atoms with E-state index in [4.69, 9.17) is 9.84 Å². The SMILES string of the molecule is O=C(O)Cc1cc(Br)c(Oc2ccc(O)c(C(=O)NCCc3ccccc3F)c2)c(Br)c1. The van der Waals surface area contributed by atoms with Crippen LogP contribution in [0.4, 0.5) is 4.39 Å². The smallest absolute Gasteiger partial charge is 0.307 e. The normalized spacial score (nSPS) is 10.6. The number of halogens is 3. The summed E-state index contributed by atoms with van der Waals surface area (Å²) in [6, 6.07) is 13.8. The van der Waals surface area contributed by atoms with Crippen molar-refractivity contribution in [2.24, 2.45) is 0 Å². The van der Waals surface area contributed by atoms with Crippen molar-refractivity contribution < 1.29 is 28.9 Å². The summed E-state index contributed by atoms with van der Waals surface area (Å²) in [5, 5.41) is 21.7. The summed E-state index contributed by atoms with van der Waals surface area (Å²) in [6.45, 7) is 0.187. The summed E-state index contributed by atoms with van der Waals surface area (Å²) in [4.78, 5) is 23.5. The standard InChI is InChI=1S/C23H18Br2FNO5/c24-17-9-13(11-21(29)30)10-18(25)22(17)32-15-5-6-20(28)16(12-15)23(31)27-8-7-14-3-1-2-4-19(14)26/h1-6,9-10,12,28H,7-8,11H2,(H,27,31)(H,29,30). The summed E-state index contributed by atoms with van der Waals surface area (Å²) >= 11 is 6.72. The molecule has 0 radical (unpaired) electrons. The second kappa shape index (κ2) is 10.6. The Morgan fingerprint density at radius 3 is 2.38 bits per heavy atom. The highest BCUT2D eigenvalue weighted by Gasteiger charge is 2.16. The summed E-state index contributed by atoms with van der Waals surface area (Å²) in [7, 11) is 0. The molecular formula is C23H18Br2FNO5. The molecule has 3 aromatic rings. The number of nitrogens with one attached hydrogen (secondary N) is 1. The van der Waals surface area contributed by atoms with E-state index in [1.54, 1.807) is 30.3 Å². The van der Waals surface area contributed by atoms with E-state index >= 15 is 0 Å². The zero-order valence-electron chi connectivity index (χ0n) is 16.6. The van der Waals surface area contributed by atoms with Crippen LogP contribution in [0.15, 0.2) is 63.5 Å². The van der Waals surface area contributed by atoms with Gasteiger partial charge < -0.3 is 20.3 Å². The number of aliphatic carboxylic acids is 1. The lowest BCUT2D eigenvalue weighted by atomic mass is 10.1. The minimum Gasteiger partial charge on any atom is -0.507 e. The van der Waals surface area contributed by atoms with Gasteiger partial charge in [0.05, 0.1) is 20.9 Å². The van der Waals surface area contributed by atoms with Crippen LogP contribution in [0.5, 0.6) is 17.2 Å². The van der Waals surface area contributed by atoms with Crippen molar-refractivity contribution in [3.05, 3.63) is 86.1 Å². The van der Waals surface area contributed by atoms with Crippen LogP contribution in [0.1, 0.15) is 21.5 Å². The topological polar surface area (TPSA) is 95.9 Å². The van der Waals surface area contributed by atoms with E-state index in [-0.39, 0.29) is 35.8 Å². The minimum atomic E-state index is -0.957. The first-order valence-electron chi connectivity index (χ1n) is 9.46. The van der Waals surface area contributed by atoms with Crippen molar-refractivity contribution in [2.75, 3.05) is 6.54 Å². The first-order chi connectivity index (χ1) is 15.2. The third-order valence-electron chi connectivity index (χ3n) is 4.48. The molecule has 3 rings (SSSR count). The van der Waals surface area contributed by atoms with E-state index in [9.17, 15) is 19.1 Å². The molecule has 3 aromatic carbocycles. The molecule has 0 heterocycles. The largest absolute Gasteiger partial charge is 0.507 e. The molecule has 1 amide bonds. The monoisotopic (exact) mass is 565 g/mol. The Bertz CT molecular complexity index is 1150. The Morgan fingerprint density at radius 1 is 1.03 bits per heavy atom. The molecule has 0 aliphatic rings. The van der Waals surface area contributed by atoms with Crippen molar-refractivity contribution in [2.45, 2.75) is 12.8 Å². The number of carbonyl (C=O) groups excluding carboxylic acids is 1. The highest BCUT2D eigenvalue weighted by molar-refractivity contribution is 9.11. The van der Waals surface area contributed by atoms with Gasteiger partial charge in [-0.2, -0.15) is 0 Å². The first kappa shape index (κ1) is 23.7. The van der Waals surface area contributed by atoms with E-state index in [2.05, 4.69) is 37.2 Å². The fourth-order valence-corrected chi connectivity index (χ4v) is 4.42. The Balaban J connectivity index is 1.72. The van der Waals surface area contributed by atoms with Gasteiger partial charge in [0, 0.05) is 6.54 Å². The molecule has 0 aromatic heterocycles. The average Bonchev–Trinajstić information content (AvgIpc) is 2.72. The lowest BCUT2D eigenvalue weighted by molar-refractivity contribution is -0.136. The van der Waals surface area contributed by atoms with Gasteiger partial charge in [0.2, 0.25) is 0 Å². The Labute approximate surface area is 200 Å². The van der Waals surface area contributed by atoms with Gasteiger partial charge in [-0.15, -0.1) is 0 Å². The van der Waals surface area contributed by atoms with Crippen LogP contribution in [0, 0.1) is 5.82 Å². The molecule has 0 aliphatic heterocycles. The molecule has 166 valence electrons. The molecule has 0 saturated heterocycles. The second-order valence-electron chi connectivity index (χ2n) is 6.84. The Morgan fingerprint density at radius 2 is 1.72 bits per heavy atom. The summed E-state index contributed by atoms with van der Waals surface area (Å²) < 4.78 is 20.6. The summed E-state index contributed by atoms with van der Waals surface area (Å²) in [5.41, 5.74) is 1.06. The molecule has 3 N–H and O–H groups in total. The number of carbonyl (C=O) groups is 2.